The molecule has 0 amide bonds. The average molecular weight is 207 g/mol. The lowest BCUT2D eigenvalue weighted by atomic mass is 10.0. The van der Waals surface area contributed by atoms with Crippen molar-refractivity contribution in [2.75, 3.05) is 6.54 Å². The van der Waals surface area contributed by atoms with Crippen molar-refractivity contribution in [1.29, 1.82) is 5.26 Å². The van der Waals surface area contributed by atoms with Gasteiger partial charge in [0.25, 0.3) is 0 Å². The molecule has 0 aliphatic carbocycles. The summed E-state index contributed by atoms with van der Waals surface area (Å²) in [5.41, 5.74) is 1.74. The summed E-state index contributed by atoms with van der Waals surface area (Å²) in [5, 5.41) is 12.8. The summed E-state index contributed by atoms with van der Waals surface area (Å²) in [5.74, 6) is 0. The fourth-order valence-corrected chi connectivity index (χ4v) is 1.97. The number of halogens is 1. The van der Waals surface area contributed by atoms with Crippen LogP contribution in [0.5, 0.6) is 0 Å². The Morgan fingerprint density at radius 2 is 2.36 bits per heavy atom. The van der Waals surface area contributed by atoms with Crippen molar-refractivity contribution in [3.8, 4) is 6.07 Å². The van der Waals surface area contributed by atoms with E-state index in [1.54, 1.807) is 6.07 Å². The molecule has 1 fully saturated rings. The lowest BCUT2D eigenvalue weighted by molar-refractivity contribution is 0.647. The summed E-state index contributed by atoms with van der Waals surface area (Å²) in [6, 6.07) is 8.18. The zero-order valence-corrected chi connectivity index (χ0v) is 8.51. The van der Waals surface area contributed by atoms with Gasteiger partial charge in [-0.1, -0.05) is 17.7 Å². The molecule has 2 rings (SSSR count). The highest BCUT2D eigenvalue weighted by molar-refractivity contribution is 6.31. The molecule has 0 saturated carbocycles. The van der Waals surface area contributed by atoms with E-state index in [4.69, 9.17) is 16.9 Å². The van der Waals surface area contributed by atoms with E-state index in [9.17, 15) is 0 Å². The van der Waals surface area contributed by atoms with E-state index in [1.807, 2.05) is 12.1 Å². The van der Waals surface area contributed by atoms with Gasteiger partial charge in [0.15, 0.2) is 0 Å². The van der Waals surface area contributed by atoms with Gasteiger partial charge in [-0.3, -0.25) is 0 Å². The highest BCUT2D eigenvalue weighted by Gasteiger charge is 2.16. The van der Waals surface area contributed by atoms with Gasteiger partial charge >= 0.3 is 0 Å². The largest absolute Gasteiger partial charge is 0.310 e. The number of rotatable bonds is 1. The van der Waals surface area contributed by atoms with Gasteiger partial charge in [0.1, 0.15) is 6.07 Å². The maximum absolute atomic E-state index is 8.83. The normalized spacial score (nSPS) is 20.7. The van der Waals surface area contributed by atoms with Crippen LogP contribution in [0.15, 0.2) is 18.2 Å². The first-order valence-electron chi connectivity index (χ1n) is 4.74. The highest BCUT2D eigenvalue weighted by atomic mass is 35.5. The summed E-state index contributed by atoms with van der Waals surface area (Å²) >= 11 is 5.86. The molecule has 72 valence electrons. The van der Waals surface area contributed by atoms with Gasteiger partial charge in [0.2, 0.25) is 0 Å². The molecule has 1 atom stereocenters. The third kappa shape index (κ3) is 1.75. The Bertz CT molecular complexity index is 375. The molecule has 0 unspecified atom stereocenters. The number of hydrogen-bond donors (Lipinski definition) is 1. The van der Waals surface area contributed by atoms with Crippen molar-refractivity contribution in [3.63, 3.8) is 0 Å². The number of benzene rings is 1. The fraction of sp³-hybridized carbons (Fsp3) is 0.364. The van der Waals surface area contributed by atoms with Crippen LogP contribution >= 0.6 is 11.6 Å². The Kier molecular flexibility index (Phi) is 2.72. The Hall–Kier alpha value is -1.04. The number of hydrogen-bond acceptors (Lipinski definition) is 2. The van der Waals surface area contributed by atoms with E-state index >= 15 is 0 Å². The molecule has 3 heteroatoms. The Balaban J connectivity index is 2.31. The van der Waals surface area contributed by atoms with Gasteiger partial charge in [-0.25, -0.2) is 0 Å². The first kappa shape index (κ1) is 9.51. The average Bonchev–Trinajstić information content (AvgIpc) is 2.71. The smallest absolute Gasteiger partial charge is 0.101 e. The molecule has 0 radical (unpaired) electrons. The van der Waals surface area contributed by atoms with Crippen molar-refractivity contribution in [2.45, 2.75) is 18.9 Å². The van der Waals surface area contributed by atoms with E-state index in [-0.39, 0.29) is 0 Å². The summed E-state index contributed by atoms with van der Waals surface area (Å²) in [6.45, 7) is 1.06. The topological polar surface area (TPSA) is 35.8 Å². The maximum atomic E-state index is 8.83. The minimum atomic E-state index is 0.402. The van der Waals surface area contributed by atoms with E-state index in [0.29, 0.717) is 16.6 Å². The molecule has 1 aromatic rings. The zero-order valence-electron chi connectivity index (χ0n) is 7.76. The fourth-order valence-electron chi connectivity index (χ4n) is 1.81. The second-order valence-electron chi connectivity index (χ2n) is 3.50. The van der Waals surface area contributed by atoms with Crippen LogP contribution in [0.3, 0.4) is 0 Å². The molecular formula is C11H11ClN2. The Morgan fingerprint density at radius 3 is 3.00 bits per heavy atom. The molecule has 0 spiro atoms. The summed E-state index contributed by atoms with van der Waals surface area (Å²) < 4.78 is 0. The van der Waals surface area contributed by atoms with Gasteiger partial charge in [0, 0.05) is 6.04 Å². The Labute approximate surface area is 88.5 Å². The quantitative estimate of drug-likeness (QED) is 0.767. The van der Waals surface area contributed by atoms with Crippen LogP contribution in [0.4, 0.5) is 0 Å². The van der Waals surface area contributed by atoms with Crippen LogP contribution in [0, 0.1) is 11.3 Å². The molecule has 0 aromatic heterocycles. The van der Waals surface area contributed by atoms with Crippen LogP contribution in [-0.4, -0.2) is 6.54 Å². The molecule has 1 saturated heterocycles. The van der Waals surface area contributed by atoms with Crippen molar-refractivity contribution >= 4 is 11.6 Å². The first-order valence-corrected chi connectivity index (χ1v) is 5.12. The Morgan fingerprint density at radius 1 is 1.50 bits per heavy atom. The minimum Gasteiger partial charge on any atom is -0.310 e. The van der Waals surface area contributed by atoms with Gasteiger partial charge in [-0.2, -0.15) is 5.26 Å². The van der Waals surface area contributed by atoms with E-state index < -0.39 is 0 Å². The molecule has 1 heterocycles. The predicted molar refractivity (Wildman–Crippen MR) is 56.1 cm³/mol. The molecule has 1 aliphatic heterocycles. The number of nitriles is 1. The van der Waals surface area contributed by atoms with Gasteiger partial charge in [-0.15, -0.1) is 0 Å². The molecule has 2 nitrogen and oxygen atoms in total. The van der Waals surface area contributed by atoms with Crippen LogP contribution in [0.25, 0.3) is 0 Å². The van der Waals surface area contributed by atoms with Crippen molar-refractivity contribution in [2.24, 2.45) is 0 Å². The summed E-state index contributed by atoms with van der Waals surface area (Å²) in [7, 11) is 0. The molecule has 14 heavy (non-hydrogen) atoms. The molecular weight excluding hydrogens is 196 g/mol. The number of nitrogens with one attached hydrogen (secondary N) is 1. The lowest BCUT2D eigenvalue weighted by Gasteiger charge is -2.10. The molecule has 1 aliphatic rings. The van der Waals surface area contributed by atoms with E-state index in [2.05, 4.69) is 11.4 Å². The summed E-state index contributed by atoms with van der Waals surface area (Å²) in [6.07, 6.45) is 2.35. The third-order valence-corrected chi connectivity index (χ3v) is 2.90. The van der Waals surface area contributed by atoms with Crippen LogP contribution in [0.2, 0.25) is 5.02 Å². The van der Waals surface area contributed by atoms with Gasteiger partial charge < -0.3 is 5.32 Å². The summed E-state index contributed by atoms with van der Waals surface area (Å²) in [4.78, 5) is 0. The molecule has 1 N–H and O–H groups in total. The molecule has 0 bridgehead atoms. The monoisotopic (exact) mass is 206 g/mol. The van der Waals surface area contributed by atoms with Crippen LogP contribution in [-0.2, 0) is 0 Å². The van der Waals surface area contributed by atoms with Gasteiger partial charge in [-0.05, 0) is 37.1 Å². The van der Waals surface area contributed by atoms with E-state index in [0.717, 1.165) is 13.0 Å². The maximum Gasteiger partial charge on any atom is 0.101 e. The lowest BCUT2D eigenvalue weighted by Crippen LogP contribution is -2.12. The van der Waals surface area contributed by atoms with Crippen molar-refractivity contribution < 1.29 is 0 Å². The van der Waals surface area contributed by atoms with Gasteiger partial charge in [0.05, 0.1) is 10.6 Å². The second kappa shape index (κ2) is 4.00. The second-order valence-corrected chi connectivity index (χ2v) is 3.91. The zero-order chi connectivity index (χ0) is 9.97. The van der Waals surface area contributed by atoms with Crippen molar-refractivity contribution in [1.82, 2.24) is 5.32 Å². The minimum absolute atomic E-state index is 0.402. The standard InChI is InChI=1S/C11H11ClN2/c12-10-4-3-8(6-9(10)7-13)11-2-1-5-14-11/h3-4,6,11,14H,1-2,5H2/t11-/m0/s1. The van der Waals surface area contributed by atoms with Crippen LogP contribution in [0.1, 0.15) is 30.0 Å². The SMILES string of the molecule is N#Cc1cc([C@@H]2CCCN2)ccc1Cl. The predicted octanol–water partition coefficient (Wildman–Crippen LogP) is 2.64. The van der Waals surface area contributed by atoms with E-state index in [1.165, 1.54) is 12.0 Å². The highest BCUT2D eigenvalue weighted by Crippen LogP contribution is 2.26. The van der Waals surface area contributed by atoms with Crippen molar-refractivity contribution in [3.05, 3.63) is 34.3 Å². The third-order valence-electron chi connectivity index (χ3n) is 2.57. The van der Waals surface area contributed by atoms with Crippen LogP contribution < -0.4 is 5.32 Å². The first-order chi connectivity index (χ1) is 6.81. The number of nitrogens with zero attached hydrogens (tertiary/aromatic N) is 1. The molecule has 1 aromatic carbocycles.